The van der Waals surface area contributed by atoms with E-state index in [2.05, 4.69) is 17.4 Å². The Morgan fingerprint density at radius 3 is 2.71 bits per heavy atom. The second-order valence-corrected chi connectivity index (χ2v) is 5.89. The minimum Gasteiger partial charge on any atom is -0.493 e. The highest BCUT2D eigenvalue weighted by Gasteiger charge is 2.16. The Morgan fingerprint density at radius 1 is 1.17 bits per heavy atom. The number of nitrogens with one attached hydrogen (secondary N) is 1. The predicted molar refractivity (Wildman–Crippen MR) is 94.5 cm³/mol. The molecule has 0 radical (unpaired) electrons. The Labute approximate surface area is 141 Å². The summed E-state index contributed by atoms with van der Waals surface area (Å²) in [6, 6.07) is 17.7. The van der Waals surface area contributed by atoms with Gasteiger partial charge in [0.2, 0.25) is 0 Å². The molecule has 0 fully saturated rings. The average Bonchev–Trinajstić information content (AvgIpc) is 3.05. The number of furan rings is 1. The molecular formula is C20H21NO3. The number of benzene rings is 2. The summed E-state index contributed by atoms with van der Waals surface area (Å²) in [5.41, 5.74) is 1.87. The molecule has 4 heteroatoms. The van der Waals surface area contributed by atoms with E-state index in [9.17, 15) is 4.79 Å². The van der Waals surface area contributed by atoms with Crippen molar-refractivity contribution in [3.63, 3.8) is 0 Å². The lowest BCUT2D eigenvalue weighted by Gasteiger charge is -2.12. The Hall–Kier alpha value is -2.75. The smallest absolute Gasteiger partial charge is 0.287 e. The van der Waals surface area contributed by atoms with Crippen LogP contribution in [-0.4, -0.2) is 19.1 Å². The molecule has 124 valence electrons. The average molecular weight is 323 g/mol. The number of carbonyl (C=O) groups excluding carboxylic acids is 1. The van der Waals surface area contributed by atoms with Gasteiger partial charge in [0.1, 0.15) is 0 Å². The van der Waals surface area contributed by atoms with Crippen molar-refractivity contribution in [3.05, 3.63) is 65.9 Å². The normalized spacial score (nSPS) is 12.1. The van der Waals surface area contributed by atoms with Crippen molar-refractivity contribution in [1.82, 2.24) is 5.32 Å². The summed E-state index contributed by atoms with van der Waals surface area (Å²) in [7, 11) is 1.59. The summed E-state index contributed by atoms with van der Waals surface area (Å²) in [4.78, 5) is 12.4. The van der Waals surface area contributed by atoms with E-state index in [1.54, 1.807) is 13.2 Å². The summed E-state index contributed by atoms with van der Waals surface area (Å²) in [5, 5.41) is 3.85. The summed E-state index contributed by atoms with van der Waals surface area (Å²) < 4.78 is 10.9. The fourth-order valence-corrected chi connectivity index (χ4v) is 2.70. The molecule has 1 aromatic heterocycles. The molecule has 1 heterocycles. The Balaban J connectivity index is 1.64. The highest BCUT2D eigenvalue weighted by atomic mass is 16.5. The minimum absolute atomic E-state index is 0.0628. The van der Waals surface area contributed by atoms with E-state index >= 15 is 0 Å². The third-order valence-electron chi connectivity index (χ3n) is 4.04. The van der Waals surface area contributed by atoms with Crippen LogP contribution < -0.4 is 10.1 Å². The van der Waals surface area contributed by atoms with Gasteiger partial charge in [0.05, 0.1) is 7.11 Å². The van der Waals surface area contributed by atoms with E-state index in [0.29, 0.717) is 17.1 Å². The molecule has 0 saturated carbocycles. The largest absolute Gasteiger partial charge is 0.493 e. The number of fused-ring (bicyclic) bond motifs is 1. The van der Waals surface area contributed by atoms with Gasteiger partial charge in [-0.1, -0.05) is 42.5 Å². The summed E-state index contributed by atoms with van der Waals surface area (Å²) in [6.07, 6.45) is 1.80. The van der Waals surface area contributed by atoms with Crippen molar-refractivity contribution in [1.29, 1.82) is 0 Å². The SMILES string of the molecule is COc1cccc2cc(C(=O)NC(C)CCc3ccccc3)oc12. The van der Waals surface area contributed by atoms with E-state index < -0.39 is 0 Å². The number of ether oxygens (including phenoxy) is 1. The standard InChI is InChI=1S/C20H21NO3/c1-14(11-12-15-7-4-3-5-8-15)21-20(22)18-13-16-9-6-10-17(23-2)19(16)24-18/h3-10,13-14H,11-12H2,1-2H3,(H,21,22). The van der Waals surface area contributed by atoms with Gasteiger partial charge >= 0.3 is 0 Å². The van der Waals surface area contributed by atoms with Gasteiger partial charge in [-0.3, -0.25) is 4.79 Å². The highest BCUT2D eigenvalue weighted by molar-refractivity contribution is 5.97. The molecule has 1 atom stereocenters. The molecule has 3 rings (SSSR count). The van der Waals surface area contributed by atoms with E-state index in [0.717, 1.165) is 18.2 Å². The monoisotopic (exact) mass is 323 g/mol. The molecule has 24 heavy (non-hydrogen) atoms. The van der Waals surface area contributed by atoms with Crippen LogP contribution in [0, 0.1) is 0 Å². The molecule has 4 nitrogen and oxygen atoms in total. The van der Waals surface area contributed by atoms with Crippen LogP contribution in [0.2, 0.25) is 0 Å². The number of amides is 1. The van der Waals surface area contributed by atoms with Gasteiger partial charge in [0.15, 0.2) is 17.1 Å². The van der Waals surface area contributed by atoms with Gasteiger partial charge in [-0.2, -0.15) is 0 Å². The molecule has 2 aromatic carbocycles. The van der Waals surface area contributed by atoms with Crippen molar-refractivity contribution >= 4 is 16.9 Å². The molecule has 0 aliphatic carbocycles. The molecule has 0 saturated heterocycles. The van der Waals surface area contributed by atoms with Crippen LogP contribution in [0.5, 0.6) is 5.75 Å². The number of carbonyl (C=O) groups is 1. The molecule has 1 amide bonds. The summed E-state index contributed by atoms with van der Waals surface area (Å²) >= 11 is 0. The quantitative estimate of drug-likeness (QED) is 0.740. The zero-order valence-electron chi connectivity index (χ0n) is 13.9. The Morgan fingerprint density at radius 2 is 1.96 bits per heavy atom. The number of para-hydroxylation sites is 1. The van der Waals surface area contributed by atoms with Crippen molar-refractivity contribution in [3.8, 4) is 5.75 Å². The maximum absolute atomic E-state index is 12.4. The van der Waals surface area contributed by atoms with Gasteiger partial charge in [-0.25, -0.2) is 0 Å². The lowest BCUT2D eigenvalue weighted by atomic mass is 10.1. The maximum Gasteiger partial charge on any atom is 0.287 e. The van der Waals surface area contributed by atoms with Gasteiger partial charge < -0.3 is 14.5 Å². The van der Waals surface area contributed by atoms with E-state index in [1.165, 1.54) is 5.56 Å². The van der Waals surface area contributed by atoms with Crippen LogP contribution in [0.1, 0.15) is 29.5 Å². The van der Waals surface area contributed by atoms with Crippen LogP contribution >= 0.6 is 0 Å². The van der Waals surface area contributed by atoms with Crippen LogP contribution in [0.3, 0.4) is 0 Å². The summed E-state index contributed by atoms with van der Waals surface area (Å²) in [6.45, 7) is 2.00. The van der Waals surface area contributed by atoms with Crippen LogP contribution in [-0.2, 0) is 6.42 Å². The number of rotatable bonds is 6. The molecule has 0 bridgehead atoms. The van der Waals surface area contributed by atoms with E-state index in [1.807, 2.05) is 43.3 Å². The zero-order valence-corrected chi connectivity index (χ0v) is 13.9. The fourth-order valence-electron chi connectivity index (χ4n) is 2.70. The maximum atomic E-state index is 12.4. The first-order valence-electron chi connectivity index (χ1n) is 8.08. The first-order chi connectivity index (χ1) is 11.7. The number of hydrogen-bond acceptors (Lipinski definition) is 3. The molecule has 0 aliphatic heterocycles. The van der Waals surface area contributed by atoms with Gasteiger partial charge in [-0.15, -0.1) is 0 Å². The number of hydrogen-bond donors (Lipinski definition) is 1. The first-order valence-corrected chi connectivity index (χ1v) is 8.08. The second-order valence-electron chi connectivity index (χ2n) is 5.89. The van der Waals surface area contributed by atoms with Gasteiger partial charge in [0.25, 0.3) is 5.91 Å². The van der Waals surface area contributed by atoms with E-state index in [4.69, 9.17) is 9.15 Å². The molecule has 0 aliphatic rings. The molecular weight excluding hydrogens is 302 g/mol. The molecule has 1 unspecified atom stereocenters. The third-order valence-corrected chi connectivity index (χ3v) is 4.04. The number of methoxy groups -OCH3 is 1. The molecule has 3 aromatic rings. The van der Waals surface area contributed by atoms with Gasteiger partial charge in [0, 0.05) is 11.4 Å². The van der Waals surface area contributed by atoms with Gasteiger partial charge in [-0.05, 0) is 37.5 Å². The van der Waals surface area contributed by atoms with Crippen molar-refractivity contribution in [2.75, 3.05) is 7.11 Å². The third kappa shape index (κ3) is 3.59. The fraction of sp³-hybridized carbons (Fsp3) is 0.250. The predicted octanol–water partition coefficient (Wildman–Crippen LogP) is 4.19. The molecule has 1 N–H and O–H groups in total. The summed E-state index contributed by atoms with van der Waals surface area (Å²) in [5.74, 6) is 0.735. The number of aryl methyl sites for hydroxylation is 1. The second kappa shape index (κ2) is 7.21. The zero-order chi connectivity index (χ0) is 16.9. The Bertz CT molecular complexity index is 823. The van der Waals surface area contributed by atoms with Crippen LogP contribution in [0.4, 0.5) is 0 Å². The lowest BCUT2D eigenvalue weighted by molar-refractivity contribution is 0.0912. The van der Waals surface area contributed by atoms with Crippen molar-refractivity contribution < 1.29 is 13.9 Å². The topological polar surface area (TPSA) is 51.5 Å². The first kappa shape index (κ1) is 16.1. The molecule has 0 spiro atoms. The highest BCUT2D eigenvalue weighted by Crippen LogP contribution is 2.28. The minimum atomic E-state index is -0.200. The lowest BCUT2D eigenvalue weighted by Crippen LogP contribution is -2.32. The van der Waals surface area contributed by atoms with E-state index in [-0.39, 0.29) is 11.9 Å². The van der Waals surface area contributed by atoms with Crippen molar-refractivity contribution in [2.45, 2.75) is 25.8 Å². The van der Waals surface area contributed by atoms with Crippen molar-refractivity contribution in [2.24, 2.45) is 0 Å². The van der Waals surface area contributed by atoms with Crippen LogP contribution in [0.15, 0.2) is 59.0 Å². The Kier molecular flexibility index (Phi) is 4.85. The van der Waals surface area contributed by atoms with Crippen LogP contribution in [0.25, 0.3) is 11.0 Å².